The van der Waals surface area contributed by atoms with E-state index in [2.05, 4.69) is 20.4 Å². The standard InChI is InChI=1S/C16H21N5O2/c1-3-13-19-15-12(7-6-10-21(15)20-13)18-16(22)11(2)23-14-8-4-5-9-17-14/h4-5,8-9,11-12H,3,6-7,10H2,1-2H3,(H,18,22)/t11-,12-/m0/s1. The lowest BCUT2D eigenvalue weighted by atomic mass is 10.1. The molecule has 0 aliphatic carbocycles. The first-order valence-electron chi connectivity index (χ1n) is 7.99. The third kappa shape index (κ3) is 3.49. The van der Waals surface area contributed by atoms with E-state index in [4.69, 9.17) is 4.74 Å². The lowest BCUT2D eigenvalue weighted by Gasteiger charge is -2.24. The number of carbonyl (C=O) groups excluding carboxylic acids is 1. The smallest absolute Gasteiger partial charge is 0.261 e. The van der Waals surface area contributed by atoms with Crippen LogP contribution in [0.15, 0.2) is 24.4 Å². The van der Waals surface area contributed by atoms with Crippen molar-refractivity contribution in [1.29, 1.82) is 0 Å². The molecule has 23 heavy (non-hydrogen) atoms. The van der Waals surface area contributed by atoms with Crippen LogP contribution in [0.2, 0.25) is 0 Å². The van der Waals surface area contributed by atoms with Crippen molar-refractivity contribution in [2.45, 2.75) is 51.8 Å². The summed E-state index contributed by atoms with van der Waals surface area (Å²) in [6.45, 7) is 4.60. The molecule has 1 N–H and O–H groups in total. The summed E-state index contributed by atoms with van der Waals surface area (Å²) in [6.07, 6.45) is 3.65. The Morgan fingerprint density at radius 1 is 1.52 bits per heavy atom. The highest BCUT2D eigenvalue weighted by Gasteiger charge is 2.27. The first-order chi connectivity index (χ1) is 11.2. The Balaban J connectivity index is 1.65. The van der Waals surface area contributed by atoms with Gasteiger partial charge in [0, 0.05) is 25.2 Å². The topological polar surface area (TPSA) is 81.9 Å². The molecule has 0 unspecified atom stereocenters. The number of fused-ring (bicyclic) bond motifs is 1. The Morgan fingerprint density at radius 2 is 2.39 bits per heavy atom. The van der Waals surface area contributed by atoms with Gasteiger partial charge in [0.1, 0.15) is 5.82 Å². The third-order valence-corrected chi connectivity index (χ3v) is 3.86. The number of pyridine rings is 1. The second kappa shape index (κ2) is 6.76. The number of nitrogens with one attached hydrogen (secondary N) is 1. The fourth-order valence-corrected chi connectivity index (χ4v) is 2.63. The zero-order valence-electron chi connectivity index (χ0n) is 13.4. The minimum atomic E-state index is -0.617. The molecule has 0 saturated heterocycles. The molecule has 1 aliphatic rings. The van der Waals surface area contributed by atoms with Gasteiger partial charge in [0.05, 0.1) is 6.04 Å². The highest BCUT2D eigenvalue weighted by Crippen LogP contribution is 2.23. The summed E-state index contributed by atoms with van der Waals surface area (Å²) in [6, 6.07) is 5.24. The van der Waals surface area contributed by atoms with E-state index in [1.165, 1.54) is 0 Å². The van der Waals surface area contributed by atoms with E-state index in [-0.39, 0.29) is 11.9 Å². The minimum absolute atomic E-state index is 0.112. The van der Waals surface area contributed by atoms with Gasteiger partial charge in [0.15, 0.2) is 11.9 Å². The average Bonchev–Trinajstić information content (AvgIpc) is 3.00. The van der Waals surface area contributed by atoms with Gasteiger partial charge in [-0.15, -0.1) is 0 Å². The Bertz CT molecular complexity index is 670. The quantitative estimate of drug-likeness (QED) is 0.907. The maximum absolute atomic E-state index is 12.4. The van der Waals surface area contributed by atoms with Crippen LogP contribution in [-0.2, 0) is 17.8 Å². The van der Waals surface area contributed by atoms with Crippen molar-refractivity contribution in [3.8, 4) is 5.88 Å². The Morgan fingerprint density at radius 3 is 3.13 bits per heavy atom. The molecule has 3 rings (SSSR count). The first-order valence-corrected chi connectivity index (χ1v) is 7.99. The number of nitrogens with zero attached hydrogens (tertiary/aromatic N) is 4. The fraction of sp³-hybridized carbons (Fsp3) is 0.500. The predicted molar refractivity (Wildman–Crippen MR) is 83.8 cm³/mol. The van der Waals surface area contributed by atoms with Crippen molar-refractivity contribution >= 4 is 5.91 Å². The summed E-state index contributed by atoms with van der Waals surface area (Å²) < 4.78 is 7.47. The molecule has 0 bridgehead atoms. The molecule has 122 valence electrons. The molecule has 0 spiro atoms. The van der Waals surface area contributed by atoms with Crippen LogP contribution in [0.3, 0.4) is 0 Å². The summed E-state index contributed by atoms with van der Waals surface area (Å²) in [5.41, 5.74) is 0. The maximum atomic E-state index is 12.4. The van der Waals surface area contributed by atoms with Crippen molar-refractivity contribution in [2.24, 2.45) is 0 Å². The summed E-state index contributed by atoms with van der Waals surface area (Å²) >= 11 is 0. The molecule has 2 aromatic rings. The SMILES string of the molecule is CCc1nc2n(n1)CCC[C@@H]2NC(=O)[C@H](C)Oc1ccccn1. The molecule has 1 amide bonds. The lowest BCUT2D eigenvalue weighted by molar-refractivity contribution is -0.128. The van der Waals surface area contributed by atoms with Crippen LogP contribution in [0, 0.1) is 0 Å². The van der Waals surface area contributed by atoms with Crippen molar-refractivity contribution < 1.29 is 9.53 Å². The number of aryl methyl sites for hydroxylation is 2. The van der Waals surface area contributed by atoms with Crippen LogP contribution in [0.5, 0.6) is 5.88 Å². The minimum Gasteiger partial charge on any atom is -0.465 e. The van der Waals surface area contributed by atoms with Crippen LogP contribution in [-0.4, -0.2) is 31.8 Å². The molecule has 1 aliphatic heterocycles. The molecule has 0 saturated carbocycles. The van der Waals surface area contributed by atoms with Gasteiger partial charge in [0.25, 0.3) is 5.91 Å². The van der Waals surface area contributed by atoms with E-state index in [0.29, 0.717) is 5.88 Å². The predicted octanol–water partition coefficient (Wildman–Crippen LogP) is 1.65. The molecule has 0 aromatic carbocycles. The van der Waals surface area contributed by atoms with Crippen molar-refractivity contribution in [3.05, 3.63) is 36.0 Å². The monoisotopic (exact) mass is 315 g/mol. The highest BCUT2D eigenvalue weighted by molar-refractivity contribution is 5.81. The number of amides is 1. The number of ether oxygens (including phenoxy) is 1. The molecule has 2 atom stereocenters. The molecule has 3 heterocycles. The van der Waals surface area contributed by atoms with Crippen LogP contribution < -0.4 is 10.1 Å². The number of carbonyl (C=O) groups is 1. The normalized spacial score (nSPS) is 18.1. The second-order valence-corrected chi connectivity index (χ2v) is 5.59. The van der Waals surface area contributed by atoms with Gasteiger partial charge < -0.3 is 10.1 Å². The van der Waals surface area contributed by atoms with Crippen LogP contribution in [0.4, 0.5) is 0 Å². The number of hydrogen-bond donors (Lipinski definition) is 1. The third-order valence-electron chi connectivity index (χ3n) is 3.86. The van der Waals surface area contributed by atoms with E-state index in [1.54, 1.807) is 25.3 Å². The van der Waals surface area contributed by atoms with Gasteiger partial charge in [-0.05, 0) is 25.8 Å². The number of hydrogen-bond acceptors (Lipinski definition) is 5. The van der Waals surface area contributed by atoms with Gasteiger partial charge in [-0.3, -0.25) is 4.79 Å². The van der Waals surface area contributed by atoms with Gasteiger partial charge in [0.2, 0.25) is 5.88 Å². The van der Waals surface area contributed by atoms with Crippen molar-refractivity contribution in [2.75, 3.05) is 0 Å². The van der Waals surface area contributed by atoms with E-state index in [9.17, 15) is 4.79 Å². The summed E-state index contributed by atoms with van der Waals surface area (Å²) in [5.74, 6) is 1.93. The molecule has 0 radical (unpaired) electrons. The summed E-state index contributed by atoms with van der Waals surface area (Å²) in [4.78, 5) is 21.0. The first kappa shape index (κ1) is 15.5. The van der Waals surface area contributed by atoms with Crippen molar-refractivity contribution in [1.82, 2.24) is 25.1 Å². The van der Waals surface area contributed by atoms with E-state index < -0.39 is 6.10 Å². The van der Waals surface area contributed by atoms with Gasteiger partial charge in [-0.25, -0.2) is 14.6 Å². The zero-order chi connectivity index (χ0) is 16.2. The van der Waals surface area contributed by atoms with E-state index >= 15 is 0 Å². The molecular formula is C16H21N5O2. The van der Waals surface area contributed by atoms with Crippen LogP contribution >= 0.6 is 0 Å². The van der Waals surface area contributed by atoms with Gasteiger partial charge >= 0.3 is 0 Å². The van der Waals surface area contributed by atoms with Gasteiger partial charge in [-0.2, -0.15) is 5.10 Å². The molecule has 7 heteroatoms. The summed E-state index contributed by atoms with van der Waals surface area (Å²) in [7, 11) is 0. The van der Waals surface area contributed by atoms with Crippen LogP contribution in [0.1, 0.15) is 44.4 Å². The van der Waals surface area contributed by atoms with Crippen molar-refractivity contribution in [3.63, 3.8) is 0 Å². The van der Waals surface area contributed by atoms with E-state index in [0.717, 1.165) is 37.5 Å². The Kier molecular flexibility index (Phi) is 4.55. The van der Waals surface area contributed by atoms with Crippen LogP contribution in [0.25, 0.3) is 0 Å². The molecular weight excluding hydrogens is 294 g/mol. The summed E-state index contributed by atoms with van der Waals surface area (Å²) in [5, 5.41) is 7.47. The molecule has 2 aromatic heterocycles. The Hall–Kier alpha value is -2.44. The lowest BCUT2D eigenvalue weighted by Crippen LogP contribution is -2.40. The molecule has 0 fully saturated rings. The second-order valence-electron chi connectivity index (χ2n) is 5.59. The Labute approximate surface area is 135 Å². The fourth-order valence-electron chi connectivity index (χ4n) is 2.63. The average molecular weight is 315 g/mol. The highest BCUT2D eigenvalue weighted by atomic mass is 16.5. The van der Waals surface area contributed by atoms with Gasteiger partial charge in [-0.1, -0.05) is 13.0 Å². The zero-order valence-corrected chi connectivity index (χ0v) is 13.4. The number of rotatable bonds is 5. The number of aromatic nitrogens is 4. The largest absolute Gasteiger partial charge is 0.465 e. The van der Waals surface area contributed by atoms with E-state index in [1.807, 2.05) is 17.7 Å². The maximum Gasteiger partial charge on any atom is 0.261 e. The molecule has 7 nitrogen and oxygen atoms in total.